The molecular weight excluding hydrogens is 370 g/mol. The SMILES string of the molecule is CCN(CC)c1ccc(N=C2C=CC(=O)c3[n-]c(=O)ccc32)c(C)c1.[Fe]. The van der Waals surface area contributed by atoms with Gasteiger partial charge in [0.2, 0.25) is 0 Å². The van der Waals surface area contributed by atoms with Crippen LogP contribution in [0.5, 0.6) is 0 Å². The number of pyridine rings is 1. The molecule has 6 heteroatoms. The van der Waals surface area contributed by atoms with E-state index in [4.69, 9.17) is 4.99 Å². The zero-order valence-corrected chi connectivity index (χ0v) is 16.1. The summed E-state index contributed by atoms with van der Waals surface area (Å²) in [6, 6.07) is 9.12. The molecule has 0 spiro atoms. The van der Waals surface area contributed by atoms with Crippen LogP contribution in [-0.4, -0.2) is 24.6 Å². The molecule has 0 amide bonds. The minimum absolute atomic E-state index is 0. The van der Waals surface area contributed by atoms with E-state index in [0.29, 0.717) is 11.3 Å². The topological polar surface area (TPSA) is 63.8 Å². The molecular formula is C20H20FeN3O2-. The molecule has 5 nitrogen and oxygen atoms in total. The van der Waals surface area contributed by atoms with Gasteiger partial charge in [0.05, 0.1) is 17.0 Å². The largest absolute Gasteiger partial charge is 0.619 e. The van der Waals surface area contributed by atoms with E-state index in [1.807, 2.05) is 13.0 Å². The van der Waals surface area contributed by atoms with E-state index in [0.717, 1.165) is 24.3 Å². The normalized spacial score (nSPS) is 14.1. The number of carbonyl (C=O) groups is 1. The second-order valence-corrected chi connectivity index (χ2v) is 5.88. The van der Waals surface area contributed by atoms with Crippen molar-refractivity contribution >= 4 is 22.9 Å². The van der Waals surface area contributed by atoms with Crippen molar-refractivity contribution in [1.82, 2.24) is 4.98 Å². The fourth-order valence-corrected chi connectivity index (χ4v) is 2.94. The molecule has 2 aromatic rings. The number of hydrogen-bond donors (Lipinski definition) is 0. The number of aromatic nitrogens is 1. The Morgan fingerprint density at radius 2 is 1.77 bits per heavy atom. The standard InChI is InChI=1S/C20H21N3O2.Fe/c1-4-23(5-2)14-6-8-16(13(3)12-14)21-17-9-10-18(24)20-15(17)7-11-19(25)22-20;/h6-12H,4-5H2,1-3H3,(H,21,22,25);/p-1. The smallest absolute Gasteiger partial charge is 0.164 e. The van der Waals surface area contributed by atoms with Gasteiger partial charge in [-0.1, -0.05) is 11.8 Å². The van der Waals surface area contributed by atoms with Gasteiger partial charge < -0.3 is 14.7 Å². The van der Waals surface area contributed by atoms with Gasteiger partial charge >= 0.3 is 0 Å². The van der Waals surface area contributed by atoms with Gasteiger partial charge in [-0.3, -0.25) is 4.79 Å². The molecule has 0 saturated heterocycles. The Bertz CT molecular complexity index is 940. The summed E-state index contributed by atoms with van der Waals surface area (Å²) in [5.41, 5.74) is 4.05. The number of anilines is 1. The molecule has 0 bridgehead atoms. The first kappa shape index (κ1) is 19.9. The predicted octanol–water partition coefficient (Wildman–Crippen LogP) is 3.03. The third-order valence-corrected chi connectivity index (χ3v) is 4.32. The number of benzene rings is 1. The summed E-state index contributed by atoms with van der Waals surface area (Å²) in [6.45, 7) is 8.18. The molecule has 0 fully saturated rings. The Balaban J connectivity index is 0.00000243. The molecule has 0 unspecified atom stereocenters. The van der Waals surface area contributed by atoms with Gasteiger partial charge in [0.1, 0.15) is 0 Å². The van der Waals surface area contributed by atoms with E-state index < -0.39 is 5.56 Å². The minimum atomic E-state index is -0.415. The van der Waals surface area contributed by atoms with Gasteiger partial charge in [0, 0.05) is 35.8 Å². The minimum Gasteiger partial charge on any atom is -0.619 e. The zero-order valence-electron chi connectivity index (χ0n) is 15.0. The van der Waals surface area contributed by atoms with Crippen molar-refractivity contribution in [2.75, 3.05) is 18.0 Å². The molecule has 0 radical (unpaired) electrons. The van der Waals surface area contributed by atoms with Crippen LogP contribution in [-0.2, 0) is 17.1 Å². The molecule has 1 aliphatic rings. The van der Waals surface area contributed by atoms with Crippen LogP contribution in [0.4, 0.5) is 11.4 Å². The van der Waals surface area contributed by atoms with Crippen LogP contribution in [0.25, 0.3) is 0 Å². The number of allylic oxidation sites excluding steroid dienone is 2. The number of ketones is 1. The van der Waals surface area contributed by atoms with Crippen molar-refractivity contribution < 1.29 is 21.9 Å². The maximum absolute atomic E-state index is 11.9. The van der Waals surface area contributed by atoms with Crippen molar-refractivity contribution in [3.05, 3.63) is 69.7 Å². The second kappa shape index (κ2) is 8.30. The van der Waals surface area contributed by atoms with Crippen LogP contribution in [0.15, 0.2) is 52.3 Å². The molecule has 136 valence electrons. The Hall–Kier alpha value is -2.43. The van der Waals surface area contributed by atoms with Crippen LogP contribution >= 0.6 is 0 Å². The summed E-state index contributed by atoms with van der Waals surface area (Å²) in [4.78, 5) is 34.2. The molecule has 0 saturated carbocycles. The number of aryl methyl sites for hydroxylation is 1. The summed E-state index contributed by atoms with van der Waals surface area (Å²) in [5, 5.41) is 0. The van der Waals surface area contributed by atoms with Crippen LogP contribution in [0, 0.1) is 6.92 Å². The van der Waals surface area contributed by atoms with Crippen molar-refractivity contribution in [2.24, 2.45) is 4.99 Å². The Kier molecular flexibility index (Phi) is 6.35. The summed E-state index contributed by atoms with van der Waals surface area (Å²) in [6.07, 6.45) is 3.09. The first-order chi connectivity index (χ1) is 12.0. The Morgan fingerprint density at radius 3 is 2.42 bits per heavy atom. The van der Waals surface area contributed by atoms with Gasteiger partial charge in [0.15, 0.2) is 5.78 Å². The predicted molar refractivity (Wildman–Crippen MR) is 100 cm³/mol. The van der Waals surface area contributed by atoms with E-state index in [9.17, 15) is 9.59 Å². The fourth-order valence-electron chi connectivity index (χ4n) is 2.94. The average Bonchev–Trinajstić information content (AvgIpc) is 2.60. The third kappa shape index (κ3) is 3.87. The molecule has 1 aliphatic carbocycles. The first-order valence-electron chi connectivity index (χ1n) is 8.38. The molecule has 0 aliphatic heterocycles. The Labute approximate surface area is 163 Å². The van der Waals surface area contributed by atoms with Crippen LogP contribution in [0.2, 0.25) is 0 Å². The molecule has 1 aromatic carbocycles. The zero-order chi connectivity index (χ0) is 18.0. The summed E-state index contributed by atoms with van der Waals surface area (Å²) in [5.74, 6) is -0.264. The van der Waals surface area contributed by atoms with Gasteiger partial charge in [-0.2, -0.15) is 0 Å². The van der Waals surface area contributed by atoms with Gasteiger partial charge in [-0.05, 0) is 68.3 Å². The average molecular weight is 390 g/mol. The molecule has 1 aromatic heterocycles. The molecule has 0 N–H and O–H groups in total. The molecule has 0 atom stereocenters. The molecule has 3 rings (SSSR count). The fraction of sp³-hybridized carbons (Fsp3) is 0.250. The van der Waals surface area contributed by atoms with Crippen molar-refractivity contribution in [3.8, 4) is 0 Å². The number of hydrogen-bond acceptors (Lipinski definition) is 4. The van der Waals surface area contributed by atoms with E-state index in [1.165, 1.54) is 17.8 Å². The second-order valence-electron chi connectivity index (χ2n) is 5.88. The first-order valence-corrected chi connectivity index (χ1v) is 8.38. The summed E-state index contributed by atoms with van der Waals surface area (Å²) < 4.78 is 0. The molecule has 26 heavy (non-hydrogen) atoms. The van der Waals surface area contributed by atoms with Gasteiger partial charge in [-0.25, -0.2) is 4.99 Å². The van der Waals surface area contributed by atoms with Crippen molar-refractivity contribution in [3.63, 3.8) is 0 Å². The number of carbonyl (C=O) groups excluding carboxylic acids is 1. The Morgan fingerprint density at radius 1 is 1.04 bits per heavy atom. The van der Waals surface area contributed by atoms with Crippen molar-refractivity contribution in [2.45, 2.75) is 20.8 Å². The summed E-state index contributed by atoms with van der Waals surface area (Å²) >= 11 is 0. The van der Waals surface area contributed by atoms with E-state index >= 15 is 0 Å². The molecule has 1 heterocycles. The number of fused-ring (bicyclic) bond motifs is 1. The van der Waals surface area contributed by atoms with E-state index in [2.05, 4.69) is 35.9 Å². The quantitative estimate of drug-likeness (QED) is 0.753. The third-order valence-electron chi connectivity index (χ3n) is 4.32. The number of aliphatic imine (C=N–C) groups is 1. The maximum Gasteiger partial charge on any atom is 0.164 e. The monoisotopic (exact) mass is 390 g/mol. The van der Waals surface area contributed by atoms with E-state index in [-0.39, 0.29) is 28.5 Å². The van der Waals surface area contributed by atoms with Gasteiger partial charge in [-0.15, -0.1) is 0 Å². The number of rotatable bonds is 4. The van der Waals surface area contributed by atoms with Crippen LogP contribution < -0.4 is 15.4 Å². The summed E-state index contributed by atoms with van der Waals surface area (Å²) in [7, 11) is 0. The maximum atomic E-state index is 11.9. The van der Waals surface area contributed by atoms with Crippen LogP contribution in [0.1, 0.15) is 35.5 Å². The number of nitrogens with zero attached hydrogens (tertiary/aromatic N) is 3. The van der Waals surface area contributed by atoms with Crippen LogP contribution in [0.3, 0.4) is 0 Å². The van der Waals surface area contributed by atoms with Crippen molar-refractivity contribution in [1.29, 1.82) is 0 Å². The van der Waals surface area contributed by atoms with Gasteiger partial charge in [0.25, 0.3) is 0 Å². The van der Waals surface area contributed by atoms with E-state index in [1.54, 1.807) is 12.1 Å².